The summed E-state index contributed by atoms with van der Waals surface area (Å²) >= 11 is 0. The molecule has 12 nitrogen and oxygen atoms in total. The Morgan fingerprint density at radius 2 is 1.81 bits per heavy atom. The summed E-state index contributed by atoms with van der Waals surface area (Å²) in [7, 11) is 0. The lowest BCUT2D eigenvalue weighted by molar-refractivity contribution is -0.168. The second-order valence-corrected chi connectivity index (χ2v) is 10.1. The van der Waals surface area contributed by atoms with Crippen molar-refractivity contribution in [3.8, 4) is 11.3 Å². The largest absolute Gasteiger partial charge is 0.461 e. The maximum Gasteiger partial charge on any atom is 0.338 e. The third kappa shape index (κ3) is 9.68. The number of hydroxylamine groups is 2. The number of rotatable bonds is 17. The highest BCUT2D eigenvalue weighted by Gasteiger charge is 2.30. The summed E-state index contributed by atoms with van der Waals surface area (Å²) in [6.07, 6.45) is 3.87. The van der Waals surface area contributed by atoms with Gasteiger partial charge in [0, 0.05) is 25.2 Å². The highest BCUT2D eigenvalue weighted by molar-refractivity contribution is 5.92. The predicted molar refractivity (Wildman–Crippen MR) is 154 cm³/mol. The zero-order valence-corrected chi connectivity index (χ0v) is 24.4. The normalized spacial score (nSPS) is 14.9. The van der Waals surface area contributed by atoms with Gasteiger partial charge in [-0.2, -0.15) is 0 Å². The minimum atomic E-state index is -0.661. The molecular formula is C30H42N4O8. The van der Waals surface area contributed by atoms with Gasteiger partial charge in [0.05, 0.1) is 37.4 Å². The predicted octanol–water partition coefficient (Wildman–Crippen LogP) is 3.06. The number of furan rings is 1. The lowest BCUT2D eigenvalue weighted by atomic mass is 9.90. The Bertz CT molecular complexity index is 1150. The Hall–Kier alpha value is -3.74. The molecule has 2 aromatic rings. The SMILES string of the molecule is CCCCC[C@@H](C(=O)NCNC(=O)c1ccc(-c2ccc(C(=O)OCCN3CCOCC3)cc2)o1)[C@@H](CC)N(O)C=O. The molecule has 230 valence electrons. The Balaban J connectivity index is 1.49. The van der Waals surface area contributed by atoms with Crippen LogP contribution in [-0.2, 0) is 19.1 Å². The van der Waals surface area contributed by atoms with Crippen molar-refractivity contribution < 1.29 is 38.3 Å². The van der Waals surface area contributed by atoms with E-state index in [0.29, 0.717) is 67.6 Å². The number of esters is 1. The Kier molecular flexibility index (Phi) is 13.5. The molecule has 1 aromatic carbocycles. The van der Waals surface area contributed by atoms with Gasteiger partial charge in [-0.1, -0.05) is 45.2 Å². The van der Waals surface area contributed by atoms with Gasteiger partial charge in [0.15, 0.2) is 5.76 Å². The van der Waals surface area contributed by atoms with Crippen LogP contribution in [0, 0.1) is 5.92 Å². The van der Waals surface area contributed by atoms with E-state index in [2.05, 4.69) is 15.5 Å². The van der Waals surface area contributed by atoms with E-state index in [9.17, 15) is 24.4 Å². The molecule has 1 aliphatic rings. The van der Waals surface area contributed by atoms with Gasteiger partial charge in [0.2, 0.25) is 12.3 Å². The average Bonchev–Trinajstić information content (AvgIpc) is 3.51. The molecule has 0 bridgehead atoms. The molecule has 0 spiro atoms. The first-order chi connectivity index (χ1) is 20.4. The average molecular weight is 587 g/mol. The van der Waals surface area contributed by atoms with E-state index in [1.165, 1.54) is 6.07 Å². The highest BCUT2D eigenvalue weighted by atomic mass is 16.5. The molecule has 0 radical (unpaired) electrons. The van der Waals surface area contributed by atoms with Gasteiger partial charge in [-0.05, 0) is 37.1 Å². The first-order valence-electron chi connectivity index (χ1n) is 14.5. The van der Waals surface area contributed by atoms with Gasteiger partial charge in [-0.15, -0.1) is 0 Å². The van der Waals surface area contributed by atoms with Crippen LogP contribution in [0.25, 0.3) is 11.3 Å². The molecule has 2 atom stereocenters. The fraction of sp³-hybridized carbons (Fsp3) is 0.533. The maximum absolute atomic E-state index is 12.9. The Labute approximate surface area is 246 Å². The molecular weight excluding hydrogens is 544 g/mol. The number of nitrogens with one attached hydrogen (secondary N) is 2. The molecule has 3 rings (SSSR count). The van der Waals surface area contributed by atoms with Crippen LogP contribution in [0.5, 0.6) is 0 Å². The van der Waals surface area contributed by atoms with Gasteiger partial charge < -0.3 is 24.5 Å². The molecule has 12 heteroatoms. The summed E-state index contributed by atoms with van der Waals surface area (Å²) in [5, 5.41) is 15.8. The van der Waals surface area contributed by atoms with Crippen molar-refractivity contribution in [1.29, 1.82) is 0 Å². The van der Waals surface area contributed by atoms with Crippen LogP contribution in [0.3, 0.4) is 0 Å². The van der Waals surface area contributed by atoms with Gasteiger partial charge in [-0.3, -0.25) is 24.5 Å². The highest BCUT2D eigenvalue weighted by Crippen LogP contribution is 2.23. The van der Waals surface area contributed by atoms with Crippen LogP contribution >= 0.6 is 0 Å². The number of benzene rings is 1. The first-order valence-corrected chi connectivity index (χ1v) is 14.5. The summed E-state index contributed by atoms with van der Waals surface area (Å²) in [5.41, 5.74) is 1.09. The van der Waals surface area contributed by atoms with Crippen LogP contribution in [0.4, 0.5) is 0 Å². The number of hydrogen-bond acceptors (Lipinski definition) is 9. The third-order valence-corrected chi connectivity index (χ3v) is 7.28. The molecule has 1 aliphatic heterocycles. The fourth-order valence-corrected chi connectivity index (χ4v) is 4.84. The number of carbonyl (C=O) groups excluding carboxylic acids is 4. The second-order valence-electron chi connectivity index (χ2n) is 10.1. The number of carbonyl (C=O) groups is 4. The zero-order valence-electron chi connectivity index (χ0n) is 24.4. The number of morpholine rings is 1. The van der Waals surface area contributed by atoms with E-state index in [1.807, 2.05) is 6.92 Å². The summed E-state index contributed by atoms with van der Waals surface area (Å²) in [5.74, 6) is -1.41. The molecule has 1 saturated heterocycles. The smallest absolute Gasteiger partial charge is 0.338 e. The summed E-state index contributed by atoms with van der Waals surface area (Å²) in [6.45, 7) is 7.69. The zero-order chi connectivity index (χ0) is 30.3. The number of amides is 3. The maximum atomic E-state index is 12.9. The van der Waals surface area contributed by atoms with Gasteiger partial charge in [-0.25, -0.2) is 9.86 Å². The number of ether oxygens (including phenoxy) is 2. The van der Waals surface area contributed by atoms with Crippen LogP contribution in [-0.4, -0.2) is 91.5 Å². The molecule has 0 unspecified atom stereocenters. The standard InChI is InChI=1S/C30H42N4O8/c1-3-5-6-7-24(25(4-2)34(39)21-35)28(36)31-20-32-29(37)27-13-12-26(42-27)22-8-10-23(11-9-22)30(38)41-19-16-33-14-17-40-18-15-33/h8-13,21,24-25,39H,3-7,14-20H2,1-2H3,(H,31,36)(H,32,37)/t24-,25-/m1/s1. The molecule has 42 heavy (non-hydrogen) atoms. The summed E-state index contributed by atoms with van der Waals surface area (Å²) < 4.78 is 16.4. The van der Waals surface area contributed by atoms with Crippen molar-refractivity contribution in [3.63, 3.8) is 0 Å². The molecule has 1 fully saturated rings. The van der Waals surface area contributed by atoms with E-state index in [0.717, 1.165) is 32.4 Å². The molecule has 0 saturated carbocycles. The Morgan fingerprint density at radius 1 is 1.07 bits per heavy atom. The minimum absolute atomic E-state index is 0.0549. The van der Waals surface area contributed by atoms with E-state index >= 15 is 0 Å². The summed E-state index contributed by atoms with van der Waals surface area (Å²) in [6, 6.07) is 9.22. The van der Waals surface area contributed by atoms with E-state index < -0.39 is 23.8 Å². The van der Waals surface area contributed by atoms with Crippen molar-refractivity contribution in [3.05, 3.63) is 47.7 Å². The summed E-state index contributed by atoms with van der Waals surface area (Å²) in [4.78, 5) is 51.2. The lowest BCUT2D eigenvalue weighted by Gasteiger charge is -2.29. The van der Waals surface area contributed by atoms with Crippen LogP contribution in [0.15, 0.2) is 40.8 Å². The number of nitrogens with zero attached hydrogens (tertiary/aromatic N) is 2. The quantitative estimate of drug-likeness (QED) is 0.0634. The van der Waals surface area contributed by atoms with Gasteiger partial charge >= 0.3 is 5.97 Å². The van der Waals surface area contributed by atoms with Crippen molar-refractivity contribution in [2.75, 3.05) is 46.1 Å². The topological polar surface area (TPSA) is 151 Å². The van der Waals surface area contributed by atoms with Crippen molar-refractivity contribution >= 4 is 24.2 Å². The van der Waals surface area contributed by atoms with Crippen LogP contribution in [0.1, 0.15) is 66.9 Å². The molecule has 2 heterocycles. The third-order valence-electron chi connectivity index (χ3n) is 7.28. The van der Waals surface area contributed by atoms with E-state index in [-0.39, 0.29) is 18.3 Å². The fourth-order valence-electron chi connectivity index (χ4n) is 4.84. The van der Waals surface area contributed by atoms with Crippen molar-refractivity contribution in [1.82, 2.24) is 20.6 Å². The van der Waals surface area contributed by atoms with Crippen molar-refractivity contribution in [2.24, 2.45) is 5.92 Å². The molecule has 3 amide bonds. The monoisotopic (exact) mass is 586 g/mol. The number of unbranched alkanes of at least 4 members (excludes halogenated alkanes) is 2. The number of hydrogen-bond donors (Lipinski definition) is 3. The Morgan fingerprint density at radius 3 is 2.48 bits per heavy atom. The van der Waals surface area contributed by atoms with Crippen LogP contribution < -0.4 is 10.6 Å². The van der Waals surface area contributed by atoms with Crippen LogP contribution in [0.2, 0.25) is 0 Å². The molecule has 1 aromatic heterocycles. The van der Waals surface area contributed by atoms with Gasteiger partial charge in [0.25, 0.3) is 5.91 Å². The minimum Gasteiger partial charge on any atom is -0.461 e. The first kappa shape index (κ1) is 32.8. The van der Waals surface area contributed by atoms with E-state index in [1.54, 1.807) is 37.3 Å². The van der Waals surface area contributed by atoms with Gasteiger partial charge in [0.1, 0.15) is 12.4 Å². The molecule has 0 aliphatic carbocycles. The molecule has 3 N–H and O–H groups in total. The second kappa shape index (κ2) is 17.3. The van der Waals surface area contributed by atoms with Crippen molar-refractivity contribution in [2.45, 2.75) is 52.0 Å². The lowest BCUT2D eigenvalue weighted by Crippen LogP contribution is -2.47. The van der Waals surface area contributed by atoms with E-state index in [4.69, 9.17) is 13.9 Å².